The molecule has 1 aromatic carbocycles. The minimum Gasteiger partial charge on any atom is -0.398 e. The second-order valence-electron chi connectivity index (χ2n) is 5.83. The molecule has 0 unspecified atom stereocenters. The third kappa shape index (κ3) is 3.62. The molecule has 6 heteroatoms. The molecule has 1 aliphatic rings. The third-order valence-electron chi connectivity index (χ3n) is 4.16. The molecule has 2 heterocycles. The van der Waals surface area contributed by atoms with E-state index < -0.39 is 0 Å². The highest BCUT2D eigenvalue weighted by Crippen LogP contribution is 2.31. The van der Waals surface area contributed by atoms with Crippen molar-refractivity contribution in [3.05, 3.63) is 45.1 Å². The Hall–Kier alpha value is -1.72. The normalized spacial score (nSPS) is 13.7. The number of hydrogen-bond donors (Lipinski definition) is 1. The number of hydrogen-bond acceptors (Lipinski definition) is 4. The number of fused-ring (bicyclic) bond motifs is 1. The molecule has 0 atom stereocenters. The van der Waals surface area contributed by atoms with Crippen molar-refractivity contribution in [2.24, 2.45) is 0 Å². The van der Waals surface area contributed by atoms with Gasteiger partial charge in [0.2, 0.25) is 5.91 Å². The smallest absolute Gasteiger partial charge is 0.242 e. The van der Waals surface area contributed by atoms with E-state index in [0.717, 1.165) is 40.0 Å². The average Bonchev–Trinajstić information content (AvgIpc) is 2.93. The summed E-state index contributed by atoms with van der Waals surface area (Å²) in [6.07, 6.45) is 2.01. The Labute approximate surface area is 145 Å². The van der Waals surface area contributed by atoms with Crippen molar-refractivity contribution in [2.75, 3.05) is 30.8 Å². The lowest BCUT2D eigenvalue weighted by atomic mass is 10.00. The summed E-state index contributed by atoms with van der Waals surface area (Å²) >= 11 is 7.46. The van der Waals surface area contributed by atoms with Crippen LogP contribution in [0.25, 0.3) is 0 Å². The van der Waals surface area contributed by atoms with Crippen LogP contribution in [0.1, 0.15) is 16.9 Å². The van der Waals surface area contributed by atoms with Crippen LogP contribution in [0.4, 0.5) is 11.4 Å². The number of carbonyl (C=O) groups excluding carboxylic acids is 1. The van der Waals surface area contributed by atoms with Crippen LogP contribution in [0.3, 0.4) is 0 Å². The number of nitrogen functional groups attached to an aromatic ring is 1. The number of benzene rings is 1. The lowest BCUT2D eigenvalue weighted by molar-refractivity contribution is -0.128. The zero-order valence-corrected chi connectivity index (χ0v) is 14.7. The van der Waals surface area contributed by atoms with Crippen LogP contribution >= 0.6 is 22.9 Å². The Morgan fingerprint density at radius 1 is 1.39 bits per heavy atom. The van der Waals surface area contributed by atoms with E-state index in [-0.39, 0.29) is 5.91 Å². The maximum Gasteiger partial charge on any atom is 0.242 e. The van der Waals surface area contributed by atoms with Gasteiger partial charge in [0.25, 0.3) is 0 Å². The van der Waals surface area contributed by atoms with Gasteiger partial charge in [-0.05, 0) is 42.7 Å². The molecule has 2 N–H and O–H groups in total. The second-order valence-corrected chi connectivity index (χ2v) is 7.63. The largest absolute Gasteiger partial charge is 0.398 e. The van der Waals surface area contributed by atoms with Crippen LogP contribution < -0.4 is 10.6 Å². The fourth-order valence-corrected chi connectivity index (χ4v) is 4.08. The number of carbonyl (C=O) groups is 1. The van der Waals surface area contributed by atoms with Crippen molar-refractivity contribution in [3.8, 4) is 0 Å². The zero-order valence-electron chi connectivity index (χ0n) is 13.1. The van der Waals surface area contributed by atoms with Gasteiger partial charge in [0.1, 0.15) is 0 Å². The molecule has 0 bridgehead atoms. The lowest BCUT2D eigenvalue weighted by Crippen LogP contribution is -2.40. The van der Waals surface area contributed by atoms with Gasteiger partial charge in [-0.1, -0.05) is 17.7 Å². The quantitative estimate of drug-likeness (QED) is 0.861. The van der Waals surface area contributed by atoms with Crippen molar-refractivity contribution in [1.82, 2.24) is 4.90 Å². The molecular formula is C17H20ClN3OS. The summed E-state index contributed by atoms with van der Waals surface area (Å²) in [5.41, 5.74) is 9.15. The molecule has 0 saturated carbocycles. The number of anilines is 2. The monoisotopic (exact) mass is 349 g/mol. The van der Waals surface area contributed by atoms with Crippen LogP contribution in [0, 0.1) is 0 Å². The Morgan fingerprint density at radius 3 is 2.96 bits per heavy atom. The molecule has 23 heavy (non-hydrogen) atoms. The summed E-state index contributed by atoms with van der Waals surface area (Å²) in [6, 6.07) is 9.76. The summed E-state index contributed by atoms with van der Waals surface area (Å²) < 4.78 is 0.751. The number of nitrogens with zero attached hydrogens (tertiary/aromatic N) is 2. The van der Waals surface area contributed by atoms with Crippen LogP contribution in [-0.4, -0.2) is 30.9 Å². The molecule has 0 fully saturated rings. The van der Waals surface area contributed by atoms with Gasteiger partial charge in [0.05, 0.1) is 17.4 Å². The summed E-state index contributed by atoms with van der Waals surface area (Å²) in [4.78, 5) is 17.5. The molecule has 1 aromatic heterocycles. The Balaban J connectivity index is 1.68. The summed E-state index contributed by atoms with van der Waals surface area (Å²) in [5, 5.41) is 0. The first kappa shape index (κ1) is 16.1. The minimum atomic E-state index is 0.102. The minimum absolute atomic E-state index is 0.102. The fraction of sp³-hybridized carbons (Fsp3) is 0.353. The molecule has 0 radical (unpaired) electrons. The summed E-state index contributed by atoms with van der Waals surface area (Å²) in [7, 11) is 1.83. The Morgan fingerprint density at radius 2 is 2.22 bits per heavy atom. The molecule has 0 aliphatic carbocycles. The van der Waals surface area contributed by atoms with Crippen molar-refractivity contribution >= 4 is 40.2 Å². The maximum absolute atomic E-state index is 12.5. The van der Waals surface area contributed by atoms with E-state index in [4.69, 9.17) is 17.3 Å². The molecule has 0 saturated heterocycles. The number of rotatable bonds is 4. The van der Waals surface area contributed by atoms with Gasteiger partial charge in [-0.15, -0.1) is 11.3 Å². The van der Waals surface area contributed by atoms with E-state index in [1.165, 1.54) is 16.9 Å². The lowest BCUT2D eigenvalue weighted by Gasteiger charge is -2.32. The first-order valence-electron chi connectivity index (χ1n) is 7.65. The van der Waals surface area contributed by atoms with Gasteiger partial charge in [-0.3, -0.25) is 4.79 Å². The van der Waals surface area contributed by atoms with E-state index in [2.05, 4.69) is 11.0 Å². The summed E-state index contributed by atoms with van der Waals surface area (Å²) in [5.74, 6) is 0.102. The van der Waals surface area contributed by atoms with Crippen molar-refractivity contribution in [1.29, 1.82) is 0 Å². The molecule has 2 aromatic rings. The summed E-state index contributed by atoms with van der Waals surface area (Å²) in [6.45, 7) is 1.86. The van der Waals surface area contributed by atoms with Crippen LogP contribution in [0.15, 0.2) is 30.3 Å². The predicted molar refractivity (Wildman–Crippen MR) is 97.2 cm³/mol. The number of likely N-dealkylation sites (N-methyl/N-ethyl adjacent to an activating group) is 1. The number of thiophene rings is 1. The maximum atomic E-state index is 12.5. The molecule has 1 aliphatic heterocycles. The van der Waals surface area contributed by atoms with E-state index in [1.807, 2.05) is 31.3 Å². The third-order valence-corrected chi connectivity index (χ3v) is 5.37. The van der Waals surface area contributed by atoms with E-state index in [1.54, 1.807) is 4.90 Å². The van der Waals surface area contributed by atoms with E-state index in [0.29, 0.717) is 13.1 Å². The average molecular weight is 350 g/mol. The van der Waals surface area contributed by atoms with Crippen LogP contribution in [-0.2, 0) is 17.8 Å². The second kappa shape index (κ2) is 6.81. The SMILES string of the molecule is CN(Cc1ccc(Cl)s1)C(=O)CN1CCCc2c(N)cccc21. The van der Waals surface area contributed by atoms with Gasteiger partial charge in [-0.25, -0.2) is 0 Å². The van der Waals surface area contributed by atoms with Gasteiger partial charge >= 0.3 is 0 Å². The van der Waals surface area contributed by atoms with Crippen molar-refractivity contribution in [2.45, 2.75) is 19.4 Å². The molecule has 122 valence electrons. The topological polar surface area (TPSA) is 49.6 Å². The highest BCUT2D eigenvalue weighted by molar-refractivity contribution is 7.16. The number of nitrogens with two attached hydrogens (primary N) is 1. The predicted octanol–water partition coefficient (Wildman–Crippen LogP) is 3.39. The first-order valence-corrected chi connectivity index (χ1v) is 8.84. The number of halogens is 1. The molecule has 0 spiro atoms. The van der Waals surface area contributed by atoms with Crippen molar-refractivity contribution in [3.63, 3.8) is 0 Å². The van der Waals surface area contributed by atoms with Crippen molar-refractivity contribution < 1.29 is 4.79 Å². The van der Waals surface area contributed by atoms with Gasteiger partial charge in [-0.2, -0.15) is 0 Å². The van der Waals surface area contributed by atoms with Gasteiger partial charge in [0.15, 0.2) is 0 Å². The number of amides is 1. The molecule has 3 rings (SSSR count). The molecular weight excluding hydrogens is 330 g/mol. The van der Waals surface area contributed by atoms with Crippen LogP contribution in [0.5, 0.6) is 0 Å². The molecule has 1 amide bonds. The molecule has 4 nitrogen and oxygen atoms in total. The standard InChI is InChI=1S/C17H20ClN3OS/c1-20(10-12-7-8-16(18)23-12)17(22)11-21-9-3-4-13-14(19)5-2-6-15(13)21/h2,5-8H,3-4,9-11,19H2,1H3. The highest BCUT2D eigenvalue weighted by Gasteiger charge is 2.22. The first-order chi connectivity index (χ1) is 11.0. The van der Waals surface area contributed by atoms with E-state index >= 15 is 0 Å². The fourth-order valence-electron chi connectivity index (χ4n) is 2.93. The van der Waals surface area contributed by atoms with Gasteiger partial charge in [0, 0.05) is 29.8 Å². The van der Waals surface area contributed by atoms with Crippen LogP contribution in [0.2, 0.25) is 4.34 Å². The Bertz CT molecular complexity index is 716. The van der Waals surface area contributed by atoms with E-state index in [9.17, 15) is 4.79 Å². The van der Waals surface area contributed by atoms with Gasteiger partial charge < -0.3 is 15.5 Å². The zero-order chi connectivity index (χ0) is 16.4. The highest BCUT2D eigenvalue weighted by atomic mass is 35.5. The Kier molecular flexibility index (Phi) is 4.78.